The fourth-order valence-electron chi connectivity index (χ4n) is 3.32. The zero-order valence-electron chi connectivity index (χ0n) is 20.3. The van der Waals surface area contributed by atoms with Crippen LogP contribution in [0.2, 0.25) is 5.02 Å². The molecule has 0 unspecified atom stereocenters. The molecule has 0 spiro atoms. The molecule has 35 heavy (non-hydrogen) atoms. The van der Waals surface area contributed by atoms with Gasteiger partial charge in [0.25, 0.3) is 0 Å². The van der Waals surface area contributed by atoms with Crippen molar-refractivity contribution in [2.24, 2.45) is 0 Å². The van der Waals surface area contributed by atoms with E-state index in [9.17, 15) is 13.2 Å². The molecular weight excluding hydrogens is 488 g/mol. The highest BCUT2D eigenvalue weighted by Crippen LogP contribution is 2.33. The lowest BCUT2D eigenvalue weighted by atomic mass is 10.0. The first kappa shape index (κ1) is 26.4. The van der Waals surface area contributed by atoms with E-state index in [4.69, 9.17) is 16.3 Å². The topological polar surface area (TPSA) is 110 Å². The van der Waals surface area contributed by atoms with E-state index in [-0.39, 0.29) is 34.2 Å². The van der Waals surface area contributed by atoms with Gasteiger partial charge in [-0.05, 0) is 70.0 Å². The summed E-state index contributed by atoms with van der Waals surface area (Å²) in [6.07, 6.45) is 2.45. The van der Waals surface area contributed by atoms with Crippen molar-refractivity contribution in [3.8, 4) is 5.75 Å². The highest BCUT2D eigenvalue weighted by atomic mass is 35.5. The second kappa shape index (κ2) is 11.0. The van der Waals surface area contributed by atoms with Gasteiger partial charge in [0.2, 0.25) is 5.95 Å². The molecule has 0 aliphatic rings. The van der Waals surface area contributed by atoms with Gasteiger partial charge in [0.15, 0.2) is 15.7 Å². The van der Waals surface area contributed by atoms with Crippen LogP contribution in [0.4, 0.5) is 23.1 Å². The third-order valence-electron chi connectivity index (χ3n) is 5.16. The number of benzene rings is 2. The van der Waals surface area contributed by atoms with Crippen LogP contribution in [-0.2, 0) is 21.1 Å². The van der Waals surface area contributed by atoms with Crippen LogP contribution in [0.25, 0.3) is 0 Å². The van der Waals surface area contributed by atoms with Crippen molar-refractivity contribution in [1.29, 1.82) is 0 Å². The highest BCUT2D eigenvalue weighted by Gasteiger charge is 2.23. The van der Waals surface area contributed by atoms with Crippen molar-refractivity contribution in [2.75, 3.05) is 10.6 Å². The van der Waals surface area contributed by atoms with E-state index in [1.807, 2.05) is 32.9 Å². The number of para-hydroxylation sites is 1. The smallest absolute Gasteiger partial charge is 0.229 e. The molecule has 1 heterocycles. The minimum absolute atomic E-state index is 0.0744. The minimum Gasteiger partial charge on any atom is -0.489 e. The lowest BCUT2D eigenvalue weighted by Crippen LogP contribution is -2.15. The Balaban J connectivity index is 1.99. The van der Waals surface area contributed by atoms with Crippen LogP contribution >= 0.6 is 11.6 Å². The summed E-state index contributed by atoms with van der Waals surface area (Å²) in [6, 6.07) is 10.3. The number of nitrogens with zero attached hydrogens (tertiary/aromatic N) is 2. The van der Waals surface area contributed by atoms with Gasteiger partial charge < -0.3 is 20.2 Å². The third-order valence-corrected chi connectivity index (χ3v) is 7.65. The number of anilines is 4. The molecule has 8 nitrogen and oxygen atoms in total. The number of nitrogens with one attached hydrogen (secondary N) is 2. The van der Waals surface area contributed by atoms with Crippen LogP contribution in [0.5, 0.6) is 5.75 Å². The van der Waals surface area contributed by atoms with Gasteiger partial charge in [0, 0.05) is 6.42 Å². The second-order valence-corrected chi connectivity index (χ2v) is 11.4. The van der Waals surface area contributed by atoms with E-state index in [2.05, 4.69) is 20.6 Å². The fraction of sp³-hybridized carbons (Fsp3) is 0.320. The second-order valence-electron chi connectivity index (χ2n) is 8.54. The van der Waals surface area contributed by atoms with E-state index in [1.54, 1.807) is 38.1 Å². The Kier molecular flexibility index (Phi) is 8.34. The van der Waals surface area contributed by atoms with E-state index >= 15 is 0 Å². The van der Waals surface area contributed by atoms with Gasteiger partial charge in [-0.1, -0.05) is 23.7 Å². The summed E-state index contributed by atoms with van der Waals surface area (Å²) in [7, 11) is -3.54. The third kappa shape index (κ3) is 6.29. The molecule has 3 aromatic rings. The van der Waals surface area contributed by atoms with Crippen molar-refractivity contribution < 1.29 is 17.9 Å². The molecule has 0 aliphatic heterocycles. The van der Waals surface area contributed by atoms with Crippen LogP contribution in [0, 0.1) is 6.92 Å². The minimum atomic E-state index is -3.54. The number of carbonyl (C=O) groups excluding carboxylic acids is 1. The number of hydrogen-bond donors (Lipinski definition) is 2. The van der Waals surface area contributed by atoms with Crippen molar-refractivity contribution in [3.63, 3.8) is 0 Å². The van der Waals surface area contributed by atoms with Gasteiger partial charge in [-0.15, -0.1) is 0 Å². The van der Waals surface area contributed by atoms with Gasteiger partial charge in [-0.25, -0.2) is 13.4 Å². The molecule has 10 heteroatoms. The molecule has 0 amide bonds. The number of sulfone groups is 1. The molecule has 2 aromatic carbocycles. The summed E-state index contributed by atoms with van der Waals surface area (Å²) in [5, 5.41) is 5.80. The molecule has 0 aliphatic carbocycles. The molecular formula is C25H29ClN4O4S. The van der Waals surface area contributed by atoms with Crippen LogP contribution in [0.15, 0.2) is 47.5 Å². The maximum Gasteiger partial charge on any atom is 0.229 e. The predicted molar refractivity (Wildman–Crippen MR) is 139 cm³/mol. The zero-order valence-corrected chi connectivity index (χ0v) is 21.9. The lowest BCUT2D eigenvalue weighted by molar-refractivity contribution is -0.107. The van der Waals surface area contributed by atoms with Gasteiger partial charge in [-0.2, -0.15) is 4.98 Å². The average Bonchev–Trinajstić information content (AvgIpc) is 2.79. The van der Waals surface area contributed by atoms with E-state index < -0.39 is 15.1 Å². The Hall–Kier alpha value is -3.17. The number of aromatic nitrogens is 2. The van der Waals surface area contributed by atoms with E-state index in [0.29, 0.717) is 17.1 Å². The van der Waals surface area contributed by atoms with E-state index in [0.717, 1.165) is 17.4 Å². The maximum atomic E-state index is 12.8. The molecule has 0 fully saturated rings. The molecule has 2 N–H and O–H groups in total. The van der Waals surface area contributed by atoms with Gasteiger partial charge >= 0.3 is 0 Å². The number of carbonyl (C=O) groups is 1. The monoisotopic (exact) mass is 516 g/mol. The first-order valence-corrected chi connectivity index (χ1v) is 13.1. The normalized spacial score (nSPS) is 11.5. The van der Waals surface area contributed by atoms with Gasteiger partial charge in [0.05, 0.1) is 33.8 Å². The molecule has 0 bridgehead atoms. The van der Waals surface area contributed by atoms with Crippen molar-refractivity contribution >= 4 is 50.9 Å². The number of rotatable bonds is 10. The maximum absolute atomic E-state index is 12.8. The van der Waals surface area contributed by atoms with Crippen molar-refractivity contribution in [3.05, 3.63) is 58.7 Å². The summed E-state index contributed by atoms with van der Waals surface area (Å²) < 4.78 is 31.6. The standard InChI is InChI=1S/C25H29ClN4O4S/c1-15(2)34-22-12-17(5)18(10-11-31)13-21(22)29-25-27-14-19(26)24(30-25)28-20-8-6-7-9-23(20)35(32,33)16(3)4/h6-9,11-16H,10H2,1-5H3,(H2,27,28,29,30). The molecule has 1 aromatic heterocycles. The summed E-state index contributed by atoms with van der Waals surface area (Å²) in [5.41, 5.74) is 2.73. The van der Waals surface area contributed by atoms with Crippen molar-refractivity contribution in [2.45, 2.75) is 57.3 Å². The SMILES string of the molecule is Cc1cc(OC(C)C)c(Nc2ncc(Cl)c(Nc3ccccc3S(=O)(=O)C(C)C)n2)cc1CC=O. The molecule has 0 saturated heterocycles. The zero-order chi connectivity index (χ0) is 25.8. The number of aldehydes is 1. The van der Waals surface area contributed by atoms with E-state index in [1.165, 1.54) is 6.20 Å². The summed E-state index contributed by atoms with van der Waals surface area (Å²) >= 11 is 6.34. The van der Waals surface area contributed by atoms with Gasteiger partial charge in [0.1, 0.15) is 17.1 Å². The van der Waals surface area contributed by atoms with Crippen LogP contribution in [0.3, 0.4) is 0 Å². The Morgan fingerprint density at radius 2 is 1.80 bits per heavy atom. The van der Waals surface area contributed by atoms with Gasteiger partial charge in [-0.3, -0.25) is 0 Å². The molecule has 0 radical (unpaired) electrons. The Morgan fingerprint density at radius 1 is 1.09 bits per heavy atom. The van der Waals surface area contributed by atoms with Crippen LogP contribution in [0.1, 0.15) is 38.8 Å². The van der Waals surface area contributed by atoms with Crippen LogP contribution in [-0.4, -0.2) is 36.0 Å². The lowest BCUT2D eigenvalue weighted by Gasteiger charge is -2.18. The first-order valence-electron chi connectivity index (χ1n) is 11.2. The fourth-order valence-corrected chi connectivity index (χ4v) is 4.66. The average molecular weight is 517 g/mol. The van der Waals surface area contributed by atoms with Crippen LogP contribution < -0.4 is 15.4 Å². The highest BCUT2D eigenvalue weighted by molar-refractivity contribution is 7.92. The number of hydrogen-bond acceptors (Lipinski definition) is 8. The Labute approximate surface area is 211 Å². The molecule has 186 valence electrons. The summed E-state index contributed by atoms with van der Waals surface area (Å²) in [6.45, 7) is 9.01. The summed E-state index contributed by atoms with van der Waals surface area (Å²) in [5.74, 6) is 1.05. The largest absolute Gasteiger partial charge is 0.489 e. The quantitative estimate of drug-likeness (QED) is 0.333. The Bertz CT molecular complexity index is 1330. The predicted octanol–water partition coefficient (Wildman–Crippen LogP) is 5.64. The number of ether oxygens (including phenoxy) is 1. The Morgan fingerprint density at radius 3 is 2.46 bits per heavy atom. The number of aryl methyl sites for hydroxylation is 1. The molecule has 0 atom stereocenters. The molecule has 3 rings (SSSR count). The first-order chi connectivity index (χ1) is 16.5. The summed E-state index contributed by atoms with van der Waals surface area (Å²) in [4.78, 5) is 20.0. The van der Waals surface area contributed by atoms with Crippen molar-refractivity contribution in [1.82, 2.24) is 9.97 Å². The molecule has 0 saturated carbocycles. The number of halogens is 1.